The third-order valence-corrected chi connectivity index (χ3v) is 3.40. The largest absolute Gasteiger partial charge is 0.416 e. The van der Waals surface area contributed by atoms with Gasteiger partial charge in [-0.1, -0.05) is 35.9 Å². The summed E-state index contributed by atoms with van der Waals surface area (Å²) in [4.78, 5) is 12.2. The average molecular weight is 299 g/mol. The van der Waals surface area contributed by atoms with Gasteiger partial charge in [-0.2, -0.15) is 13.2 Å². The molecule has 0 unspecified atom stereocenters. The highest BCUT2D eigenvalue weighted by Gasteiger charge is 2.30. The van der Waals surface area contributed by atoms with E-state index in [1.807, 2.05) is 0 Å². The molecule has 0 radical (unpaired) electrons. The molecular weight excluding hydrogens is 289 g/mol. The van der Waals surface area contributed by atoms with E-state index < -0.39 is 11.7 Å². The minimum absolute atomic E-state index is 0.198. The van der Waals surface area contributed by atoms with E-state index >= 15 is 0 Å². The lowest BCUT2D eigenvalue weighted by molar-refractivity contribution is -0.137. The fourth-order valence-electron chi connectivity index (χ4n) is 1.82. The van der Waals surface area contributed by atoms with Crippen molar-refractivity contribution in [1.29, 1.82) is 0 Å². The van der Waals surface area contributed by atoms with Crippen molar-refractivity contribution in [3.05, 3.63) is 69.7 Å². The van der Waals surface area contributed by atoms with Crippen LogP contribution in [0.1, 0.15) is 27.0 Å². The first-order valence-corrected chi connectivity index (χ1v) is 6.15. The highest BCUT2D eigenvalue weighted by molar-refractivity contribution is 6.32. The lowest BCUT2D eigenvalue weighted by Gasteiger charge is -2.09. The molecule has 0 saturated carbocycles. The number of ketones is 1. The zero-order valence-electron chi connectivity index (χ0n) is 10.5. The van der Waals surface area contributed by atoms with Crippen LogP contribution in [0.25, 0.3) is 0 Å². The maximum atomic E-state index is 12.5. The quantitative estimate of drug-likeness (QED) is 0.721. The molecular formula is C15H10ClF3O. The van der Waals surface area contributed by atoms with E-state index in [1.54, 1.807) is 25.1 Å². The van der Waals surface area contributed by atoms with Crippen LogP contribution in [0, 0.1) is 6.92 Å². The number of hydrogen-bond acceptors (Lipinski definition) is 1. The van der Waals surface area contributed by atoms with Crippen molar-refractivity contribution in [3.8, 4) is 0 Å². The normalized spacial score (nSPS) is 11.4. The van der Waals surface area contributed by atoms with Crippen molar-refractivity contribution < 1.29 is 18.0 Å². The standard InChI is InChI=1S/C15H10ClF3O/c1-9-12(3-2-4-13(9)16)14(20)10-5-7-11(8-6-10)15(17,18)19/h2-8H,1H3. The van der Waals surface area contributed by atoms with Crippen LogP contribution in [0.2, 0.25) is 5.02 Å². The molecule has 104 valence electrons. The second-order valence-electron chi connectivity index (χ2n) is 4.32. The average Bonchev–Trinajstić information content (AvgIpc) is 2.40. The zero-order chi connectivity index (χ0) is 14.9. The summed E-state index contributed by atoms with van der Waals surface area (Å²) in [6, 6.07) is 9.02. The number of halogens is 4. The summed E-state index contributed by atoms with van der Waals surface area (Å²) < 4.78 is 37.4. The van der Waals surface area contributed by atoms with Crippen molar-refractivity contribution >= 4 is 17.4 Å². The Balaban J connectivity index is 2.37. The topological polar surface area (TPSA) is 17.1 Å². The molecule has 0 aliphatic carbocycles. The summed E-state index contributed by atoms with van der Waals surface area (Å²) in [5.74, 6) is -0.348. The molecule has 0 atom stereocenters. The third-order valence-electron chi connectivity index (χ3n) is 2.99. The Morgan fingerprint density at radius 3 is 2.20 bits per heavy atom. The summed E-state index contributed by atoms with van der Waals surface area (Å²) in [7, 11) is 0. The van der Waals surface area contributed by atoms with Gasteiger partial charge in [-0.25, -0.2) is 0 Å². The highest BCUT2D eigenvalue weighted by atomic mass is 35.5. The molecule has 20 heavy (non-hydrogen) atoms. The van der Waals surface area contributed by atoms with E-state index in [9.17, 15) is 18.0 Å². The van der Waals surface area contributed by atoms with Crippen LogP contribution in [0.4, 0.5) is 13.2 Å². The van der Waals surface area contributed by atoms with Gasteiger partial charge in [-0.15, -0.1) is 0 Å². The molecule has 0 heterocycles. The summed E-state index contributed by atoms with van der Waals surface area (Å²) in [5, 5.41) is 0.447. The monoisotopic (exact) mass is 298 g/mol. The fraction of sp³-hybridized carbons (Fsp3) is 0.133. The third kappa shape index (κ3) is 2.85. The molecule has 0 amide bonds. The minimum atomic E-state index is -4.41. The summed E-state index contributed by atoms with van der Waals surface area (Å²) in [5.41, 5.74) is 0.413. The molecule has 2 aromatic carbocycles. The zero-order valence-corrected chi connectivity index (χ0v) is 11.2. The molecule has 2 rings (SSSR count). The van der Waals surface area contributed by atoms with Crippen LogP contribution in [-0.4, -0.2) is 5.78 Å². The van der Waals surface area contributed by atoms with Crippen LogP contribution in [0.15, 0.2) is 42.5 Å². The van der Waals surface area contributed by atoms with Crippen LogP contribution < -0.4 is 0 Å². The van der Waals surface area contributed by atoms with Crippen molar-refractivity contribution in [1.82, 2.24) is 0 Å². The first-order chi connectivity index (χ1) is 9.30. The maximum Gasteiger partial charge on any atom is 0.416 e. The summed E-state index contributed by atoms with van der Waals surface area (Å²) in [6.45, 7) is 1.69. The second kappa shape index (κ2) is 5.29. The molecule has 0 spiro atoms. The van der Waals surface area contributed by atoms with Crippen LogP contribution >= 0.6 is 11.6 Å². The molecule has 0 aliphatic heterocycles. The lowest BCUT2D eigenvalue weighted by Crippen LogP contribution is -2.07. The Bertz CT molecular complexity index is 645. The second-order valence-corrected chi connectivity index (χ2v) is 4.72. The van der Waals surface area contributed by atoms with Crippen LogP contribution in [0.3, 0.4) is 0 Å². The Morgan fingerprint density at radius 1 is 1.05 bits per heavy atom. The van der Waals surface area contributed by atoms with Gasteiger partial charge in [-0.3, -0.25) is 4.79 Å². The molecule has 0 bridgehead atoms. The van der Waals surface area contributed by atoms with Gasteiger partial charge in [0.05, 0.1) is 5.56 Å². The van der Waals surface area contributed by atoms with Gasteiger partial charge in [0.2, 0.25) is 0 Å². The molecule has 0 saturated heterocycles. The van der Waals surface area contributed by atoms with Gasteiger partial charge >= 0.3 is 6.18 Å². The Hall–Kier alpha value is -1.81. The van der Waals surface area contributed by atoms with Crippen molar-refractivity contribution in [3.63, 3.8) is 0 Å². The summed E-state index contributed by atoms with van der Waals surface area (Å²) in [6.07, 6.45) is -4.41. The number of alkyl halides is 3. The Morgan fingerprint density at radius 2 is 1.65 bits per heavy atom. The Kier molecular flexibility index (Phi) is 3.86. The number of hydrogen-bond donors (Lipinski definition) is 0. The van der Waals surface area contributed by atoms with Gasteiger partial charge in [0.25, 0.3) is 0 Å². The SMILES string of the molecule is Cc1c(Cl)cccc1C(=O)c1ccc(C(F)(F)F)cc1. The molecule has 0 aliphatic rings. The van der Waals surface area contributed by atoms with Gasteiger partial charge in [0, 0.05) is 16.1 Å². The first-order valence-electron chi connectivity index (χ1n) is 5.78. The van der Waals surface area contributed by atoms with E-state index in [1.165, 1.54) is 12.1 Å². The smallest absolute Gasteiger partial charge is 0.289 e. The molecule has 5 heteroatoms. The van der Waals surface area contributed by atoms with Gasteiger partial charge < -0.3 is 0 Å². The molecule has 0 N–H and O–H groups in total. The number of carbonyl (C=O) groups is 1. The predicted octanol–water partition coefficient (Wildman–Crippen LogP) is 4.90. The predicted molar refractivity (Wildman–Crippen MR) is 71.1 cm³/mol. The van der Waals surface area contributed by atoms with E-state index in [-0.39, 0.29) is 11.3 Å². The molecule has 2 aromatic rings. The van der Waals surface area contributed by atoms with Crippen LogP contribution in [-0.2, 0) is 6.18 Å². The van der Waals surface area contributed by atoms with Crippen LogP contribution in [0.5, 0.6) is 0 Å². The highest BCUT2D eigenvalue weighted by Crippen LogP contribution is 2.29. The Labute approximate surface area is 119 Å². The molecule has 0 aromatic heterocycles. The summed E-state index contributed by atoms with van der Waals surface area (Å²) >= 11 is 5.93. The maximum absolute atomic E-state index is 12.5. The first kappa shape index (κ1) is 14.6. The van der Waals surface area contributed by atoms with Gasteiger partial charge in [0.1, 0.15) is 0 Å². The van der Waals surface area contributed by atoms with E-state index in [2.05, 4.69) is 0 Å². The van der Waals surface area contributed by atoms with Crippen molar-refractivity contribution in [2.45, 2.75) is 13.1 Å². The van der Waals surface area contributed by atoms with E-state index in [0.29, 0.717) is 16.1 Å². The fourth-order valence-corrected chi connectivity index (χ4v) is 1.99. The molecule has 1 nitrogen and oxygen atoms in total. The minimum Gasteiger partial charge on any atom is -0.289 e. The number of rotatable bonds is 2. The van der Waals surface area contributed by atoms with Crippen molar-refractivity contribution in [2.24, 2.45) is 0 Å². The lowest BCUT2D eigenvalue weighted by atomic mass is 9.98. The number of benzene rings is 2. The van der Waals surface area contributed by atoms with E-state index in [0.717, 1.165) is 12.1 Å². The van der Waals surface area contributed by atoms with Gasteiger partial charge in [-0.05, 0) is 30.7 Å². The van der Waals surface area contributed by atoms with Gasteiger partial charge in [0.15, 0.2) is 5.78 Å². The van der Waals surface area contributed by atoms with Crippen molar-refractivity contribution in [2.75, 3.05) is 0 Å². The molecule has 0 fully saturated rings. The number of carbonyl (C=O) groups excluding carboxylic acids is 1. The van der Waals surface area contributed by atoms with E-state index in [4.69, 9.17) is 11.6 Å².